The molecule has 0 spiro atoms. The van der Waals surface area contributed by atoms with Crippen molar-refractivity contribution in [1.82, 2.24) is 0 Å². The van der Waals surface area contributed by atoms with E-state index >= 15 is 0 Å². The van der Waals surface area contributed by atoms with E-state index in [-0.39, 0.29) is 25.1 Å². The van der Waals surface area contributed by atoms with Crippen molar-refractivity contribution in [1.29, 1.82) is 0 Å². The van der Waals surface area contributed by atoms with Crippen molar-refractivity contribution >= 4 is 11.9 Å². The Morgan fingerprint density at radius 1 is 1.05 bits per heavy atom. The first-order chi connectivity index (χ1) is 10.5. The topological polar surface area (TPSA) is 71.1 Å². The third-order valence-corrected chi connectivity index (χ3v) is 3.03. The molecule has 0 radical (unpaired) electrons. The summed E-state index contributed by atoms with van der Waals surface area (Å²) < 4.78 is 20.9. The molecule has 0 aromatic carbocycles. The predicted molar refractivity (Wildman–Crippen MR) is 80.0 cm³/mol. The summed E-state index contributed by atoms with van der Waals surface area (Å²) in [6.07, 6.45) is 6.76. The minimum atomic E-state index is -0.413. The van der Waals surface area contributed by atoms with Gasteiger partial charge in [0.1, 0.15) is 19.0 Å². The molecule has 124 valence electrons. The maximum atomic E-state index is 11.7. The predicted octanol–water partition coefficient (Wildman–Crippen LogP) is 2.14. The zero-order valence-corrected chi connectivity index (χ0v) is 13.3. The monoisotopic (exact) mass is 312 g/mol. The van der Waals surface area contributed by atoms with Crippen molar-refractivity contribution in [2.75, 3.05) is 13.9 Å². The number of esters is 2. The second-order valence-electron chi connectivity index (χ2n) is 5.20. The van der Waals surface area contributed by atoms with Crippen molar-refractivity contribution < 1.29 is 28.5 Å². The summed E-state index contributed by atoms with van der Waals surface area (Å²) in [5.74, 6) is -0.816. The summed E-state index contributed by atoms with van der Waals surface area (Å²) in [4.78, 5) is 23.3. The van der Waals surface area contributed by atoms with E-state index in [1.54, 1.807) is 26.0 Å². The molecule has 0 saturated heterocycles. The van der Waals surface area contributed by atoms with Gasteiger partial charge in [0.25, 0.3) is 0 Å². The van der Waals surface area contributed by atoms with Crippen LogP contribution in [0.4, 0.5) is 0 Å². The molecule has 22 heavy (non-hydrogen) atoms. The molecule has 0 aromatic heterocycles. The number of hydrogen-bond acceptors (Lipinski definition) is 6. The van der Waals surface area contributed by atoms with E-state index in [2.05, 4.69) is 0 Å². The van der Waals surface area contributed by atoms with Crippen LogP contribution < -0.4 is 0 Å². The fourth-order valence-electron chi connectivity index (χ4n) is 2.01. The standard InChI is InChI=1S/C16H24O6/c1-12-6-4-8-16(18)22-13(2)10-14(20-11-19-3)7-5-9-15(17)21-12/h4-5,8-9,12-14H,6-7,10-11H2,1-3H3/b8-4-,9-5-/t12-,13-,14?/m1/s1. The van der Waals surface area contributed by atoms with Crippen molar-refractivity contribution in [3.8, 4) is 0 Å². The number of methoxy groups -OCH3 is 1. The lowest BCUT2D eigenvalue weighted by Crippen LogP contribution is -2.23. The van der Waals surface area contributed by atoms with Gasteiger partial charge in [-0.05, 0) is 20.3 Å². The second-order valence-corrected chi connectivity index (χ2v) is 5.20. The van der Waals surface area contributed by atoms with Gasteiger partial charge in [0.05, 0.1) is 6.10 Å². The molecule has 0 N–H and O–H groups in total. The lowest BCUT2D eigenvalue weighted by molar-refractivity contribution is -0.145. The molecule has 6 heteroatoms. The van der Waals surface area contributed by atoms with Crippen LogP contribution in [0.25, 0.3) is 0 Å². The molecule has 0 amide bonds. The first kappa shape index (κ1) is 18.4. The Balaban J connectivity index is 2.74. The van der Waals surface area contributed by atoms with E-state index in [0.717, 1.165) is 0 Å². The van der Waals surface area contributed by atoms with Gasteiger partial charge in [-0.3, -0.25) is 0 Å². The summed E-state index contributed by atoms with van der Waals surface area (Å²) >= 11 is 0. The van der Waals surface area contributed by atoms with E-state index < -0.39 is 11.9 Å². The smallest absolute Gasteiger partial charge is 0.330 e. The summed E-state index contributed by atoms with van der Waals surface area (Å²) in [5.41, 5.74) is 0. The molecule has 0 fully saturated rings. The van der Waals surface area contributed by atoms with Crippen LogP contribution in [-0.4, -0.2) is 44.2 Å². The minimum absolute atomic E-state index is 0.139. The highest BCUT2D eigenvalue weighted by molar-refractivity contribution is 5.82. The van der Waals surface area contributed by atoms with Gasteiger partial charge in [0, 0.05) is 32.1 Å². The van der Waals surface area contributed by atoms with Crippen LogP contribution >= 0.6 is 0 Å². The number of carbonyl (C=O) groups excluding carboxylic acids is 2. The first-order valence-electron chi connectivity index (χ1n) is 7.36. The van der Waals surface area contributed by atoms with Gasteiger partial charge in [0.15, 0.2) is 0 Å². The summed E-state index contributed by atoms with van der Waals surface area (Å²) in [5, 5.41) is 0. The minimum Gasteiger partial charge on any atom is -0.459 e. The van der Waals surface area contributed by atoms with Gasteiger partial charge in [-0.25, -0.2) is 9.59 Å². The molecule has 3 atom stereocenters. The Bertz CT molecular complexity index is 415. The average molecular weight is 312 g/mol. The lowest BCUT2D eigenvalue weighted by atomic mass is 10.1. The largest absolute Gasteiger partial charge is 0.459 e. The van der Waals surface area contributed by atoms with Crippen molar-refractivity contribution in [3.05, 3.63) is 24.3 Å². The zero-order valence-electron chi connectivity index (χ0n) is 13.3. The van der Waals surface area contributed by atoms with E-state index in [4.69, 9.17) is 18.9 Å². The van der Waals surface area contributed by atoms with Crippen molar-refractivity contribution in [3.63, 3.8) is 0 Å². The Kier molecular flexibility index (Phi) is 8.47. The van der Waals surface area contributed by atoms with Crippen molar-refractivity contribution in [2.45, 2.75) is 51.4 Å². The van der Waals surface area contributed by atoms with Crippen LogP contribution in [0.2, 0.25) is 0 Å². The Hall–Kier alpha value is -1.66. The SMILES string of the molecule is COCOC1C/C=C\C(=O)O[C@H](C)C/C=C\C(=O)O[C@H](C)C1. The maximum Gasteiger partial charge on any atom is 0.330 e. The Morgan fingerprint density at radius 3 is 2.27 bits per heavy atom. The highest BCUT2D eigenvalue weighted by atomic mass is 16.7. The van der Waals surface area contributed by atoms with Crippen LogP contribution in [0.3, 0.4) is 0 Å². The molecule has 0 saturated carbocycles. The Morgan fingerprint density at radius 2 is 1.64 bits per heavy atom. The quantitative estimate of drug-likeness (QED) is 0.587. The van der Waals surface area contributed by atoms with E-state index in [1.165, 1.54) is 19.3 Å². The lowest BCUT2D eigenvalue weighted by Gasteiger charge is -2.20. The van der Waals surface area contributed by atoms with Gasteiger partial charge in [-0.15, -0.1) is 0 Å². The summed E-state index contributed by atoms with van der Waals surface area (Å²) in [6.45, 7) is 3.71. The highest BCUT2D eigenvalue weighted by Gasteiger charge is 2.16. The van der Waals surface area contributed by atoms with E-state index in [9.17, 15) is 9.59 Å². The van der Waals surface area contributed by atoms with Crippen LogP contribution in [0.15, 0.2) is 24.3 Å². The zero-order chi connectivity index (χ0) is 16.4. The van der Waals surface area contributed by atoms with Crippen LogP contribution in [0.1, 0.15) is 33.1 Å². The summed E-state index contributed by atoms with van der Waals surface area (Å²) in [7, 11) is 1.53. The molecule has 6 nitrogen and oxygen atoms in total. The summed E-state index contributed by atoms with van der Waals surface area (Å²) in [6, 6.07) is 0. The molecule has 1 aliphatic rings. The molecular weight excluding hydrogens is 288 g/mol. The molecule has 0 aromatic rings. The fourth-order valence-corrected chi connectivity index (χ4v) is 2.01. The fraction of sp³-hybridized carbons (Fsp3) is 0.625. The molecule has 1 rings (SSSR count). The van der Waals surface area contributed by atoms with Gasteiger partial charge in [0.2, 0.25) is 0 Å². The maximum absolute atomic E-state index is 11.7. The molecule has 1 heterocycles. The molecule has 1 aliphatic heterocycles. The number of hydrogen-bond donors (Lipinski definition) is 0. The van der Waals surface area contributed by atoms with Gasteiger partial charge in [-0.1, -0.05) is 12.2 Å². The normalized spacial score (nSPS) is 30.8. The van der Waals surface area contributed by atoms with Gasteiger partial charge >= 0.3 is 11.9 Å². The number of rotatable bonds is 3. The average Bonchev–Trinajstić information content (AvgIpc) is 2.43. The third-order valence-electron chi connectivity index (χ3n) is 3.03. The molecule has 0 bridgehead atoms. The van der Waals surface area contributed by atoms with Crippen LogP contribution in [0, 0.1) is 0 Å². The van der Waals surface area contributed by atoms with E-state index in [0.29, 0.717) is 19.3 Å². The highest BCUT2D eigenvalue weighted by Crippen LogP contribution is 2.12. The molecular formula is C16H24O6. The number of ether oxygens (including phenoxy) is 4. The second kappa shape index (κ2) is 10.1. The Labute approximate surface area is 131 Å². The third kappa shape index (κ3) is 7.95. The van der Waals surface area contributed by atoms with Gasteiger partial charge in [-0.2, -0.15) is 0 Å². The van der Waals surface area contributed by atoms with Crippen LogP contribution in [0.5, 0.6) is 0 Å². The number of cyclic esters (lactones) is 2. The van der Waals surface area contributed by atoms with Gasteiger partial charge < -0.3 is 18.9 Å². The molecule has 0 aliphatic carbocycles. The van der Waals surface area contributed by atoms with E-state index in [1.807, 2.05) is 0 Å². The van der Waals surface area contributed by atoms with Crippen LogP contribution in [-0.2, 0) is 28.5 Å². The molecule has 1 unspecified atom stereocenters. The number of carbonyl (C=O) groups is 2. The van der Waals surface area contributed by atoms with Crippen molar-refractivity contribution in [2.24, 2.45) is 0 Å². The first-order valence-corrected chi connectivity index (χ1v) is 7.36.